The number of ether oxygens (including phenoxy) is 2. The molecule has 5 N–H and O–H groups in total. The van der Waals surface area contributed by atoms with Crippen LogP contribution in [0.5, 0.6) is 11.8 Å². The van der Waals surface area contributed by atoms with Crippen molar-refractivity contribution in [3.05, 3.63) is 124 Å². The third-order valence-electron chi connectivity index (χ3n) is 8.94. The van der Waals surface area contributed by atoms with E-state index >= 15 is 0 Å². The van der Waals surface area contributed by atoms with Gasteiger partial charge in [0.15, 0.2) is 0 Å². The van der Waals surface area contributed by atoms with Gasteiger partial charge >= 0.3 is 0 Å². The van der Waals surface area contributed by atoms with E-state index in [1.54, 1.807) is 31.8 Å². The minimum Gasteiger partial charge on any atom is -0.480 e. The number of anilines is 1. The van der Waals surface area contributed by atoms with Gasteiger partial charge in [-0.2, -0.15) is 0 Å². The first-order valence-electron chi connectivity index (χ1n) is 17.3. The number of H-pyrrole nitrogens is 2. The van der Waals surface area contributed by atoms with E-state index in [2.05, 4.69) is 55.2 Å². The molecule has 0 unspecified atom stereocenters. The topological polar surface area (TPSA) is 213 Å². The normalized spacial score (nSPS) is 10.7. The second-order valence-electron chi connectivity index (χ2n) is 12.6. The first kappa shape index (κ1) is 40.7. The van der Waals surface area contributed by atoms with Gasteiger partial charge in [0, 0.05) is 49.0 Å². The Bertz CT molecular complexity index is 2850. The molecular formula is C40H39Cl2N13O3. The summed E-state index contributed by atoms with van der Waals surface area (Å²) in [7, 11) is 3.11. The number of aromatic amines is 2. The lowest BCUT2D eigenvalue weighted by molar-refractivity contribution is 0.0952. The summed E-state index contributed by atoms with van der Waals surface area (Å²) in [5.74, 6) is 1.13. The van der Waals surface area contributed by atoms with E-state index in [1.165, 1.54) is 26.1 Å². The van der Waals surface area contributed by atoms with Crippen molar-refractivity contribution in [3.63, 3.8) is 0 Å². The summed E-state index contributed by atoms with van der Waals surface area (Å²) in [5.41, 5.74) is 13.0. The monoisotopic (exact) mass is 819 g/mol. The number of rotatable bonds is 7. The van der Waals surface area contributed by atoms with Crippen molar-refractivity contribution in [1.82, 2.24) is 59.7 Å². The number of pyridine rings is 2. The van der Waals surface area contributed by atoms with E-state index in [4.69, 9.17) is 38.4 Å². The van der Waals surface area contributed by atoms with Crippen molar-refractivity contribution in [2.45, 2.75) is 34.4 Å². The fourth-order valence-electron chi connectivity index (χ4n) is 6.26. The molecule has 0 radical (unpaired) electrons. The second-order valence-corrected chi connectivity index (χ2v) is 13.4. The fourth-order valence-corrected chi connectivity index (χ4v) is 6.63. The molecular weight excluding hydrogens is 781 g/mol. The number of aromatic nitrogens is 11. The number of fused-ring (bicyclic) bond motifs is 4. The van der Waals surface area contributed by atoms with Crippen LogP contribution in [-0.4, -0.2) is 74.5 Å². The molecule has 8 aromatic heterocycles. The Balaban J connectivity index is 0.000000207. The van der Waals surface area contributed by atoms with Crippen LogP contribution in [0, 0.1) is 13.8 Å². The van der Waals surface area contributed by atoms with Gasteiger partial charge in [-0.05, 0) is 66.9 Å². The van der Waals surface area contributed by atoms with Crippen molar-refractivity contribution >= 4 is 78.9 Å². The molecule has 1 aromatic carbocycles. The zero-order valence-corrected chi connectivity index (χ0v) is 32.6. The molecule has 18 heteroatoms. The molecule has 0 aliphatic rings. The molecule has 0 bridgehead atoms. The van der Waals surface area contributed by atoms with E-state index < -0.39 is 0 Å². The number of benzene rings is 1. The molecule has 8 heterocycles. The number of hydrogen-bond acceptors (Lipinski definition) is 12. The van der Waals surface area contributed by atoms with Gasteiger partial charge < -0.3 is 35.1 Å². The second kappa shape index (κ2) is 17.9. The molecule has 0 saturated heterocycles. The third kappa shape index (κ3) is 8.72. The first-order chi connectivity index (χ1) is 27.6. The molecule has 0 spiro atoms. The average Bonchev–Trinajstić information content (AvgIpc) is 3.98. The number of carbonyl (C=O) groups is 1. The molecule has 0 atom stereocenters. The first-order valence-corrected chi connectivity index (χ1v) is 18.1. The molecule has 0 aliphatic carbocycles. The number of halogens is 2. The van der Waals surface area contributed by atoms with Crippen LogP contribution < -0.4 is 20.5 Å². The van der Waals surface area contributed by atoms with Crippen molar-refractivity contribution in [1.29, 1.82) is 0 Å². The molecule has 16 nitrogen and oxygen atoms in total. The molecule has 0 aliphatic heterocycles. The smallest absolute Gasteiger partial charge is 0.253 e. The minimum absolute atomic E-state index is 0. The maximum atomic E-state index is 13.4. The number of carbonyl (C=O) groups excluding carboxylic acids is 1. The van der Waals surface area contributed by atoms with Crippen molar-refractivity contribution in [2.24, 2.45) is 0 Å². The van der Waals surface area contributed by atoms with Crippen LogP contribution in [0.1, 0.15) is 40.2 Å². The number of methoxy groups -OCH3 is 2. The van der Waals surface area contributed by atoms with Crippen molar-refractivity contribution in [2.75, 3.05) is 20.0 Å². The van der Waals surface area contributed by atoms with Crippen molar-refractivity contribution in [3.8, 4) is 11.8 Å². The number of aryl methyl sites for hydroxylation is 2. The van der Waals surface area contributed by atoms with Crippen molar-refractivity contribution < 1.29 is 14.3 Å². The minimum atomic E-state index is -0.267. The Morgan fingerprint density at radius 3 is 2.26 bits per heavy atom. The summed E-state index contributed by atoms with van der Waals surface area (Å²) in [4.78, 5) is 52.3. The van der Waals surface area contributed by atoms with Gasteiger partial charge in [-0.25, -0.2) is 34.9 Å². The Morgan fingerprint density at radius 2 is 1.53 bits per heavy atom. The summed E-state index contributed by atoms with van der Waals surface area (Å²) in [6.07, 6.45) is 11.3. The number of nitrogens with one attached hydrogen (secondary N) is 3. The maximum Gasteiger partial charge on any atom is 0.253 e. The van der Waals surface area contributed by atoms with Gasteiger partial charge in [-0.15, -0.1) is 0 Å². The molecule has 0 saturated carbocycles. The maximum absolute atomic E-state index is 13.4. The van der Waals surface area contributed by atoms with Gasteiger partial charge in [0.05, 0.1) is 46.5 Å². The van der Waals surface area contributed by atoms with E-state index in [0.29, 0.717) is 57.4 Å². The van der Waals surface area contributed by atoms with E-state index in [0.717, 1.165) is 55.4 Å². The molecule has 58 heavy (non-hydrogen) atoms. The highest BCUT2D eigenvalue weighted by Crippen LogP contribution is 2.29. The lowest BCUT2D eigenvalue weighted by atomic mass is 10.1. The van der Waals surface area contributed by atoms with E-state index in [-0.39, 0.29) is 13.3 Å². The highest BCUT2D eigenvalue weighted by molar-refractivity contribution is 6.33. The summed E-state index contributed by atoms with van der Waals surface area (Å²) in [5, 5.41) is 7.33. The lowest BCUT2D eigenvalue weighted by Crippen LogP contribution is -2.24. The highest BCUT2D eigenvalue weighted by Gasteiger charge is 2.21. The summed E-state index contributed by atoms with van der Waals surface area (Å²) in [6, 6.07) is 13.4. The largest absolute Gasteiger partial charge is 0.480 e. The highest BCUT2D eigenvalue weighted by atomic mass is 35.5. The molecule has 296 valence electrons. The number of nitrogens with two attached hydrogens (primary N) is 1. The van der Waals surface area contributed by atoms with Gasteiger partial charge in [0.25, 0.3) is 5.91 Å². The average molecular weight is 821 g/mol. The Kier molecular flexibility index (Phi) is 12.6. The number of nitrogens with zero attached hydrogens (tertiary/aromatic N) is 9. The van der Waals surface area contributed by atoms with Gasteiger partial charge in [0.1, 0.15) is 46.9 Å². The van der Waals surface area contributed by atoms with Crippen LogP contribution in [0.15, 0.2) is 86.2 Å². The van der Waals surface area contributed by atoms with E-state index in [1.807, 2.05) is 61.0 Å². The zero-order chi connectivity index (χ0) is 40.1. The lowest BCUT2D eigenvalue weighted by Gasteiger charge is -2.11. The summed E-state index contributed by atoms with van der Waals surface area (Å²) in [6.45, 7) is 4.61. The predicted octanol–water partition coefficient (Wildman–Crippen LogP) is 7.43. The Labute approximate surface area is 342 Å². The van der Waals surface area contributed by atoms with Crippen LogP contribution >= 0.6 is 23.2 Å². The van der Waals surface area contributed by atoms with Crippen LogP contribution in [-0.2, 0) is 13.1 Å². The fraction of sp³-hybridized carbons (Fsp3) is 0.175. The molecule has 0 fully saturated rings. The Morgan fingerprint density at radius 1 is 0.845 bits per heavy atom. The van der Waals surface area contributed by atoms with Gasteiger partial charge in [-0.3, -0.25) is 9.78 Å². The van der Waals surface area contributed by atoms with Gasteiger partial charge in [-0.1, -0.05) is 36.7 Å². The summed E-state index contributed by atoms with van der Waals surface area (Å²) >= 11 is 11.9. The number of nitrogen functional groups attached to an aromatic ring is 1. The third-order valence-corrected chi connectivity index (χ3v) is 9.45. The van der Waals surface area contributed by atoms with Gasteiger partial charge in [0.2, 0.25) is 11.8 Å². The number of amides is 1. The standard InChI is InChI=1S/C26H24ClN7O2.C7H7N3O.C6H4ClN3.CH4/c1-14-6-22(28)33-15(2)19(14)10-30-25(35)20-12-34(24-23(20)26(36-3)32-13-31-24)11-16-4-5-21-17(7-16)8-18(27)9-29-21;1-11-7-5-2-3-8-6(5)9-4-10-7;7-5-4-1-2-8-6(4)10-3-9-5;/h4-9,12-13H,10-11H2,1-3H3,(H2,28,33)(H,30,35);2-4H,1H3,(H,8,9,10);1-3H,(H,8,9,10);1H4. The van der Waals surface area contributed by atoms with Crippen LogP contribution in [0.25, 0.3) is 44.0 Å². The molecule has 9 rings (SSSR count). The van der Waals surface area contributed by atoms with Crippen LogP contribution in [0.3, 0.4) is 0 Å². The zero-order valence-electron chi connectivity index (χ0n) is 31.1. The molecule has 1 amide bonds. The SMILES string of the molecule is C.COc1ncnc2[nH]ccc12.COc1ncnc2c1c(C(=O)NCc1c(C)cc(N)nc1C)cn2Cc1ccc2ncc(Cl)cc2c1.Clc1ncnc2[nH]ccc12. The summed E-state index contributed by atoms with van der Waals surface area (Å²) < 4.78 is 12.4. The predicted molar refractivity (Wildman–Crippen MR) is 225 cm³/mol. The molecule has 9 aromatic rings. The van der Waals surface area contributed by atoms with Crippen LogP contribution in [0.2, 0.25) is 10.2 Å². The quantitative estimate of drug-likeness (QED) is 0.116. The number of hydrogen-bond donors (Lipinski definition) is 4. The van der Waals surface area contributed by atoms with Crippen LogP contribution in [0.4, 0.5) is 5.82 Å². The Hall–Kier alpha value is -6.91. The van der Waals surface area contributed by atoms with E-state index in [9.17, 15) is 4.79 Å².